The van der Waals surface area contributed by atoms with Crippen molar-refractivity contribution in [3.8, 4) is 0 Å². The zero-order valence-electron chi connectivity index (χ0n) is 12.7. The van der Waals surface area contributed by atoms with Gasteiger partial charge in [-0.05, 0) is 55.3 Å². The van der Waals surface area contributed by atoms with Gasteiger partial charge < -0.3 is 0 Å². The zero-order chi connectivity index (χ0) is 14.9. The number of ketones is 1. The summed E-state index contributed by atoms with van der Waals surface area (Å²) >= 11 is 7.36. The molecule has 0 aromatic carbocycles. The van der Waals surface area contributed by atoms with E-state index in [1.807, 2.05) is 5.38 Å². The van der Waals surface area contributed by atoms with E-state index < -0.39 is 0 Å². The molecule has 4 aliphatic carbocycles. The van der Waals surface area contributed by atoms with Crippen molar-refractivity contribution in [1.82, 2.24) is 4.98 Å². The van der Waals surface area contributed by atoms with Crippen LogP contribution in [0.2, 0.25) is 0 Å². The van der Waals surface area contributed by atoms with E-state index >= 15 is 0 Å². The van der Waals surface area contributed by atoms with Crippen LogP contribution < -0.4 is 0 Å². The Morgan fingerprint density at radius 1 is 1.29 bits per heavy atom. The highest BCUT2D eigenvalue weighted by atomic mass is 35.5. The van der Waals surface area contributed by atoms with Gasteiger partial charge in [-0.15, -0.1) is 22.9 Å². The summed E-state index contributed by atoms with van der Waals surface area (Å²) in [6.07, 6.45) is 7.95. The standard InChI is InChI=1S/C17H22ClNOS/c1-15-3-11-4-16(2,8-15)10-17(5-11,9-15)14-19-12(7-21-14)13(20)6-18/h7,11H,3-6,8-10H2,1-2H3. The number of hydrogen-bond acceptors (Lipinski definition) is 3. The summed E-state index contributed by atoms with van der Waals surface area (Å²) in [6.45, 7) is 4.95. The monoisotopic (exact) mass is 323 g/mol. The minimum absolute atomic E-state index is 0.0359. The molecule has 4 heteroatoms. The van der Waals surface area contributed by atoms with E-state index in [0.717, 1.165) is 5.92 Å². The number of halogens is 1. The average Bonchev–Trinajstić information content (AvgIpc) is 2.83. The maximum Gasteiger partial charge on any atom is 0.196 e. The molecule has 4 saturated carbocycles. The first-order valence-corrected chi connectivity index (χ1v) is 9.32. The molecule has 4 bridgehead atoms. The maximum atomic E-state index is 11.8. The van der Waals surface area contributed by atoms with E-state index in [2.05, 4.69) is 13.8 Å². The van der Waals surface area contributed by atoms with Crippen molar-refractivity contribution in [1.29, 1.82) is 0 Å². The Balaban J connectivity index is 1.74. The van der Waals surface area contributed by atoms with Crippen LogP contribution in [0.5, 0.6) is 0 Å². The van der Waals surface area contributed by atoms with Crippen molar-refractivity contribution in [3.05, 3.63) is 16.1 Å². The lowest BCUT2D eigenvalue weighted by atomic mass is 9.40. The minimum atomic E-state index is -0.0404. The first-order chi connectivity index (χ1) is 9.85. The van der Waals surface area contributed by atoms with Crippen LogP contribution in [-0.4, -0.2) is 16.6 Å². The van der Waals surface area contributed by atoms with Crippen LogP contribution in [0.3, 0.4) is 0 Å². The topological polar surface area (TPSA) is 30.0 Å². The second kappa shape index (κ2) is 4.32. The molecule has 4 fully saturated rings. The molecule has 0 N–H and O–H groups in total. The zero-order valence-corrected chi connectivity index (χ0v) is 14.3. The second-order valence-corrected chi connectivity index (χ2v) is 9.63. The molecule has 21 heavy (non-hydrogen) atoms. The number of rotatable bonds is 3. The third kappa shape index (κ3) is 2.11. The van der Waals surface area contributed by atoms with Gasteiger partial charge in [0.2, 0.25) is 0 Å². The van der Waals surface area contributed by atoms with E-state index in [4.69, 9.17) is 16.6 Å². The van der Waals surface area contributed by atoms with Crippen molar-refractivity contribution in [2.45, 2.75) is 57.8 Å². The van der Waals surface area contributed by atoms with Gasteiger partial charge in [-0.1, -0.05) is 13.8 Å². The Bertz CT molecular complexity index is 592. The Morgan fingerprint density at radius 2 is 1.95 bits per heavy atom. The molecule has 2 atom stereocenters. The summed E-state index contributed by atoms with van der Waals surface area (Å²) in [6, 6.07) is 0. The number of carbonyl (C=O) groups excluding carboxylic acids is 1. The van der Waals surface area contributed by atoms with Gasteiger partial charge in [0.1, 0.15) is 5.69 Å². The van der Waals surface area contributed by atoms with Crippen molar-refractivity contribution in [2.75, 3.05) is 5.88 Å². The maximum absolute atomic E-state index is 11.8. The van der Waals surface area contributed by atoms with E-state index in [1.54, 1.807) is 11.3 Å². The number of alkyl halides is 1. The predicted octanol–water partition coefficient (Wildman–Crippen LogP) is 4.81. The highest BCUT2D eigenvalue weighted by Crippen LogP contribution is 2.70. The molecular weight excluding hydrogens is 302 g/mol. The average molecular weight is 324 g/mol. The molecule has 0 radical (unpaired) electrons. The van der Waals surface area contributed by atoms with Crippen LogP contribution in [0.15, 0.2) is 5.38 Å². The summed E-state index contributed by atoms with van der Waals surface area (Å²) in [5, 5.41) is 3.13. The Hall–Kier alpha value is -0.410. The number of Topliss-reactive ketones (excluding diaryl/α,β-unsaturated/α-hetero) is 1. The van der Waals surface area contributed by atoms with Gasteiger partial charge in [0.15, 0.2) is 5.78 Å². The van der Waals surface area contributed by atoms with Gasteiger partial charge in [0.25, 0.3) is 0 Å². The summed E-state index contributed by atoms with van der Waals surface area (Å²) in [5.41, 5.74) is 1.78. The van der Waals surface area contributed by atoms with Crippen LogP contribution >= 0.6 is 22.9 Å². The third-order valence-corrected chi connectivity index (χ3v) is 7.32. The number of thiazole rings is 1. The first-order valence-electron chi connectivity index (χ1n) is 7.91. The molecule has 0 aliphatic heterocycles. The Morgan fingerprint density at radius 3 is 2.52 bits per heavy atom. The van der Waals surface area contributed by atoms with Gasteiger partial charge in [-0.25, -0.2) is 4.98 Å². The van der Waals surface area contributed by atoms with E-state index in [0.29, 0.717) is 16.5 Å². The molecule has 0 amide bonds. The quantitative estimate of drug-likeness (QED) is 0.590. The summed E-state index contributed by atoms with van der Waals surface area (Å²) < 4.78 is 0. The van der Waals surface area contributed by atoms with Crippen LogP contribution in [0.1, 0.15) is 67.9 Å². The number of carbonyl (C=O) groups is 1. The number of aromatic nitrogens is 1. The largest absolute Gasteiger partial charge is 0.291 e. The SMILES string of the molecule is CC12CC3CC(C)(C1)CC(c1nc(C(=O)CCl)cs1)(C3)C2. The smallest absolute Gasteiger partial charge is 0.196 e. The van der Waals surface area contributed by atoms with Gasteiger partial charge in [-0.3, -0.25) is 4.79 Å². The summed E-state index contributed by atoms with van der Waals surface area (Å²) in [4.78, 5) is 16.5. The molecule has 1 aromatic rings. The lowest BCUT2D eigenvalue weighted by molar-refractivity contribution is -0.110. The fourth-order valence-corrected chi connectivity index (χ4v) is 7.57. The molecule has 0 spiro atoms. The molecule has 2 unspecified atom stereocenters. The number of hydrogen-bond donors (Lipinski definition) is 0. The number of nitrogens with zero attached hydrogens (tertiary/aromatic N) is 1. The van der Waals surface area contributed by atoms with E-state index in [1.165, 1.54) is 43.5 Å². The summed E-state index contributed by atoms with van der Waals surface area (Å²) in [7, 11) is 0. The lowest BCUT2D eigenvalue weighted by Crippen LogP contribution is -2.56. The van der Waals surface area contributed by atoms with Crippen LogP contribution in [0.25, 0.3) is 0 Å². The fraction of sp³-hybridized carbons (Fsp3) is 0.765. The fourth-order valence-electron chi connectivity index (χ4n) is 6.40. The van der Waals surface area contributed by atoms with E-state index in [-0.39, 0.29) is 17.1 Å². The van der Waals surface area contributed by atoms with Gasteiger partial charge in [-0.2, -0.15) is 0 Å². The highest BCUT2D eigenvalue weighted by molar-refractivity contribution is 7.10. The van der Waals surface area contributed by atoms with Gasteiger partial charge in [0.05, 0.1) is 10.9 Å². The van der Waals surface area contributed by atoms with Crippen LogP contribution in [0, 0.1) is 16.7 Å². The third-order valence-electron chi connectivity index (χ3n) is 5.99. The van der Waals surface area contributed by atoms with Crippen molar-refractivity contribution >= 4 is 28.7 Å². The first kappa shape index (κ1) is 14.2. The predicted molar refractivity (Wildman–Crippen MR) is 86.2 cm³/mol. The molecule has 4 aliphatic rings. The minimum Gasteiger partial charge on any atom is -0.291 e. The summed E-state index contributed by atoms with van der Waals surface area (Å²) in [5.74, 6) is 0.850. The Labute approximate surface area is 135 Å². The normalized spacial score (nSPS) is 44.2. The van der Waals surface area contributed by atoms with E-state index in [9.17, 15) is 4.79 Å². The van der Waals surface area contributed by atoms with Crippen LogP contribution in [0.4, 0.5) is 0 Å². The van der Waals surface area contributed by atoms with Crippen molar-refractivity contribution in [2.24, 2.45) is 16.7 Å². The highest BCUT2D eigenvalue weighted by Gasteiger charge is 2.61. The lowest BCUT2D eigenvalue weighted by Gasteiger charge is -2.64. The van der Waals surface area contributed by atoms with Gasteiger partial charge in [0, 0.05) is 10.8 Å². The van der Waals surface area contributed by atoms with Crippen molar-refractivity contribution in [3.63, 3.8) is 0 Å². The second-order valence-electron chi connectivity index (χ2n) is 8.51. The van der Waals surface area contributed by atoms with Crippen LogP contribution in [-0.2, 0) is 5.41 Å². The molecular formula is C17H22ClNOS. The Kier molecular flexibility index (Phi) is 2.92. The molecule has 5 rings (SSSR count). The molecule has 1 heterocycles. The van der Waals surface area contributed by atoms with Gasteiger partial charge >= 0.3 is 0 Å². The molecule has 114 valence electrons. The molecule has 0 saturated heterocycles. The molecule has 1 aromatic heterocycles. The van der Waals surface area contributed by atoms with Crippen molar-refractivity contribution < 1.29 is 4.79 Å². The molecule has 2 nitrogen and oxygen atoms in total.